The molecule has 0 aliphatic rings. The summed E-state index contributed by atoms with van der Waals surface area (Å²) in [6.07, 6.45) is 0. The molecule has 0 saturated carbocycles. The van der Waals surface area contributed by atoms with E-state index < -0.39 is 5.84 Å². The summed E-state index contributed by atoms with van der Waals surface area (Å²) >= 11 is 0. The van der Waals surface area contributed by atoms with Crippen LogP contribution in [0.1, 0.15) is 15.9 Å². The SMILES string of the molecule is COc1ccc(CNC(=O)c2ccccc2N/N=C(\C#N)C(=N)N)cc1. The number of methoxy groups -OCH3 is 1. The van der Waals surface area contributed by atoms with E-state index in [1.807, 2.05) is 24.3 Å². The summed E-state index contributed by atoms with van der Waals surface area (Å²) in [6.45, 7) is 0.345. The Hall–Kier alpha value is -3.86. The molecule has 0 radical (unpaired) electrons. The number of carbonyl (C=O) groups excluding carboxylic acids is 1. The minimum absolute atomic E-state index is 0.265. The van der Waals surface area contributed by atoms with Crippen molar-refractivity contribution in [2.75, 3.05) is 12.5 Å². The highest BCUT2D eigenvalue weighted by Gasteiger charge is 2.11. The third kappa shape index (κ3) is 4.82. The predicted octanol–water partition coefficient (Wildman–Crippen LogP) is 1.85. The van der Waals surface area contributed by atoms with E-state index in [1.165, 1.54) is 0 Å². The Morgan fingerprint density at radius 3 is 2.58 bits per heavy atom. The lowest BCUT2D eigenvalue weighted by Crippen LogP contribution is -2.24. The monoisotopic (exact) mass is 350 g/mol. The van der Waals surface area contributed by atoms with Crippen LogP contribution >= 0.6 is 0 Å². The molecule has 5 N–H and O–H groups in total. The molecular formula is C18H18N6O2. The molecule has 0 fully saturated rings. The smallest absolute Gasteiger partial charge is 0.253 e. The van der Waals surface area contributed by atoms with Crippen LogP contribution in [0.25, 0.3) is 0 Å². The van der Waals surface area contributed by atoms with E-state index >= 15 is 0 Å². The van der Waals surface area contributed by atoms with E-state index in [2.05, 4.69) is 15.8 Å². The van der Waals surface area contributed by atoms with Crippen molar-refractivity contribution >= 4 is 23.1 Å². The normalized spacial score (nSPS) is 10.5. The number of rotatable bonds is 7. The van der Waals surface area contributed by atoms with Gasteiger partial charge in [-0.1, -0.05) is 24.3 Å². The van der Waals surface area contributed by atoms with Crippen LogP contribution in [0.4, 0.5) is 5.69 Å². The maximum Gasteiger partial charge on any atom is 0.253 e. The highest BCUT2D eigenvalue weighted by molar-refractivity contribution is 6.45. The molecule has 0 heterocycles. The van der Waals surface area contributed by atoms with Crippen LogP contribution in [-0.2, 0) is 6.54 Å². The molecule has 0 aromatic heterocycles. The minimum Gasteiger partial charge on any atom is -0.497 e. The zero-order valence-corrected chi connectivity index (χ0v) is 14.1. The molecule has 132 valence electrons. The standard InChI is InChI=1S/C18H18N6O2/c1-26-13-8-6-12(7-9-13)11-22-18(25)14-4-2-3-5-15(14)23-24-16(10-19)17(20)21/h2-9,23H,11H2,1H3,(H3,20,21)(H,22,25)/b24-16+. The number of amides is 1. The lowest BCUT2D eigenvalue weighted by atomic mass is 10.1. The fraction of sp³-hybridized carbons (Fsp3) is 0.111. The summed E-state index contributed by atoms with van der Waals surface area (Å²) in [4.78, 5) is 12.5. The van der Waals surface area contributed by atoms with Crippen molar-refractivity contribution in [3.8, 4) is 11.8 Å². The minimum atomic E-state index is -0.457. The predicted molar refractivity (Wildman–Crippen MR) is 99.2 cm³/mol. The fourth-order valence-corrected chi connectivity index (χ4v) is 2.06. The third-order valence-electron chi connectivity index (χ3n) is 3.43. The molecule has 2 aromatic carbocycles. The summed E-state index contributed by atoms with van der Waals surface area (Å²) in [5.74, 6) is -0.0202. The Morgan fingerprint density at radius 1 is 1.27 bits per heavy atom. The van der Waals surface area contributed by atoms with Gasteiger partial charge in [-0.25, -0.2) is 0 Å². The number of nitrogens with zero attached hydrogens (tertiary/aromatic N) is 2. The van der Waals surface area contributed by atoms with Gasteiger partial charge < -0.3 is 15.8 Å². The van der Waals surface area contributed by atoms with Crippen LogP contribution < -0.4 is 21.2 Å². The molecule has 2 rings (SSSR count). The molecule has 0 spiro atoms. The highest BCUT2D eigenvalue weighted by Crippen LogP contribution is 2.16. The first-order chi connectivity index (χ1) is 12.5. The van der Waals surface area contributed by atoms with Gasteiger partial charge in [0.25, 0.3) is 5.91 Å². The van der Waals surface area contributed by atoms with Crippen LogP contribution in [0.5, 0.6) is 5.75 Å². The Morgan fingerprint density at radius 2 is 1.96 bits per heavy atom. The molecule has 1 amide bonds. The van der Waals surface area contributed by atoms with Crippen LogP contribution in [0, 0.1) is 16.7 Å². The van der Waals surface area contributed by atoms with Gasteiger partial charge in [0, 0.05) is 6.54 Å². The number of benzene rings is 2. The van der Waals surface area contributed by atoms with E-state index in [-0.39, 0.29) is 11.6 Å². The van der Waals surface area contributed by atoms with Gasteiger partial charge in [0.2, 0.25) is 5.71 Å². The zero-order valence-electron chi connectivity index (χ0n) is 14.1. The first kappa shape index (κ1) is 18.5. The fourth-order valence-electron chi connectivity index (χ4n) is 2.06. The number of para-hydroxylation sites is 1. The van der Waals surface area contributed by atoms with Crippen molar-refractivity contribution in [1.29, 1.82) is 10.7 Å². The van der Waals surface area contributed by atoms with Crippen molar-refractivity contribution < 1.29 is 9.53 Å². The van der Waals surface area contributed by atoms with Crippen molar-refractivity contribution in [3.63, 3.8) is 0 Å². The summed E-state index contributed by atoms with van der Waals surface area (Å²) < 4.78 is 5.10. The van der Waals surface area contributed by atoms with E-state index in [4.69, 9.17) is 21.1 Å². The van der Waals surface area contributed by atoms with Gasteiger partial charge in [-0.05, 0) is 29.8 Å². The van der Waals surface area contributed by atoms with Crippen molar-refractivity contribution in [1.82, 2.24) is 5.32 Å². The second-order valence-corrected chi connectivity index (χ2v) is 5.17. The number of hydrazone groups is 1. The number of nitrogens with two attached hydrogens (primary N) is 1. The lowest BCUT2D eigenvalue weighted by molar-refractivity contribution is 0.0951. The largest absolute Gasteiger partial charge is 0.497 e. The van der Waals surface area contributed by atoms with Gasteiger partial charge in [0.05, 0.1) is 18.4 Å². The van der Waals surface area contributed by atoms with E-state index in [1.54, 1.807) is 37.4 Å². The summed E-state index contributed by atoms with van der Waals surface area (Å²) in [6, 6.07) is 15.8. The maximum atomic E-state index is 12.5. The molecule has 0 aliphatic heterocycles. The molecule has 0 saturated heterocycles. The first-order valence-corrected chi connectivity index (χ1v) is 7.63. The number of amidine groups is 1. The summed E-state index contributed by atoms with van der Waals surface area (Å²) in [5, 5.41) is 22.7. The van der Waals surface area contributed by atoms with Gasteiger partial charge in [-0.2, -0.15) is 10.4 Å². The summed E-state index contributed by atoms with van der Waals surface area (Å²) in [5.41, 5.74) is 9.26. The number of ether oxygens (including phenoxy) is 1. The number of hydrogen-bond acceptors (Lipinski definition) is 6. The lowest BCUT2D eigenvalue weighted by Gasteiger charge is -2.10. The quantitative estimate of drug-likeness (QED) is 0.343. The topological polar surface area (TPSA) is 136 Å². The second-order valence-electron chi connectivity index (χ2n) is 5.17. The molecule has 0 atom stereocenters. The van der Waals surface area contributed by atoms with Gasteiger partial charge in [-0.15, -0.1) is 0 Å². The molecule has 26 heavy (non-hydrogen) atoms. The van der Waals surface area contributed by atoms with E-state index in [0.29, 0.717) is 17.8 Å². The Balaban J connectivity index is 2.09. The van der Waals surface area contributed by atoms with Crippen molar-refractivity contribution in [3.05, 3.63) is 59.7 Å². The Kier molecular flexibility index (Phi) is 6.28. The molecule has 2 aromatic rings. The molecule has 0 bridgehead atoms. The Labute approximate surface area is 150 Å². The van der Waals surface area contributed by atoms with E-state index in [0.717, 1.165) is 11.3 Å². The molecule has 8 heteroatoms. The van der Waals surface area contributed by atoms with E-state index in [9.17, 15) is 4.79 Å². The molecule has 0 aliphatic carbocycles. The molecular weight excluding hydrogens is 332 g/mol. The van der Waals surface area contributed by atoms with Crippen molar-refractivity contribution in [2.45, 2.75) is 6.54 Å². The van der Waals surface area contributed by atoms with Crippen LogP contribution in [0.15, 0.2) is 53.6 Å². The zero-order chi connectivity index (χ0) is 18.9. The highest BCUT2D eigenvalue weighted by atomic mass is 16.5. The first-order valence-electron chi connectivity index (χ1n) is 7.63. The number of nitriles is 1. The Bertz CT molecular complexity index is 868. The molecule has 8 nitrogen and oxygen atoms in total. The third-order valence-corrected chi connectivity index (χ3v) is 3.43. The average molecular weight is 350 g/mol. The van der Waals surface area contributed by atoms with Crippen LogP contribution in [0.2, 0.25) is 0 Å². The summed E-state index contributed by atoms with van der Waals surface area (Å²) in [7, 11) is 1.59. The molecule has 0 unspecified atom stereocenters. The average Bonchev–Trinajstić information content (AvgIpc) is 2.67. The van der Waals surface area contributed by atoms with Gasteiger partial charge in [0.15, 0.2) is 5.84 Å². The van der Waals surface area contributed by atoms with Crippen LogP contribution in [-0.4, -0.2) is 24.6 Å². The van der Waals surface area contributed by atoms with Gasteiger partial charge >= 0.3 is 0 Å². The number of anilines is 1. The van der Waals surface area contributed by atoms with Gasteiger partial charge in [0.1, 0.15) is 11.8 Å². The van der Waals surface area contributed by atoms with Gasteiger partial charge in [-0.3, -0.25) is 15.6 Å². The van der Waals surface area contributed by atoms with Crippen molar-refractivity contribution in [2.24, 2.45) is 10.8 Å². The second kappa shape index (κ2) is 8.84. The number of nitrogens with one attached hydrogen (secondary N) is 3. The number of hydrogen-bond donors (Lipinski definition) is 4. The number of carbonyl (C=O) groups is 1. The maximum absolute atomic E-state index is 12.5. The van der Waals surface area contributed by atoms with Crippen LogP contribution in [0.3, 0.4) is 0 Å².